The lowest BCUT2D eigenvalue weighted by molar-refractivity contribution is -0.124. The molecule has 0 aromatic carbocycles. The van der Waals surface area contributed by atoms with Crippen LogP contribution in [-0.4, -0.2) is 46.1 Å². The molecule has 0 aromatic heterocycles. The molecule has 32 heavy (non-hydrogen) atoms. The number of rotatable bonds is 21. The number of hydrogen-bond donors (Lipinski definition) is 4. The minimum atomic E-state index is -1.16. The van der Waals surface area contributed by atoms with Gasteiger partial charge in [-0.05, 0) is 64.7 Å². The van der Waals surface area contributed by atoms with Crippen LogP contribution in [0.5, 0.6) is 0 Å². The summed E-state index contributed by atoms with van der Waals surface area (Å²) in [6, 6.07) is -0.831. The first-order valence-electron chi connectivity index (χ1n) is 12.7. The Labute approximate surface area is 196 Å². The molecule has 0 saturated heterocycles. The largest absolute Gasteiger partial charge is 0.394 e. The molecular formula is C27H49NO4. The van der Waals surface area contributed by atoms with E-state index in [2.05, 4.69) is 42.6 Å². The Kier molecular flexibility index (Phi) is 21.7. The van der Waals surface area contributed by atoms with Crippen LogP contribution in [0.3, 0.4) is 0 Å². The van der Waals surface area contributed by atoms with E-state index in [0.29, 0.717) is 12.8 Å². The summed E-state index contributed by atoms with van der Waals surface area (Å²) < 4.78 is 0. The Morgan fingerprint density at radius 3 is 2.06 bits per heavy atom. The number of allylic oxidation sites excluding steroid dienone is 6. The molecule has 0 saturated carbocycles. The van der Waals surface area contributed by atoms with Crippen molar-refractivity contribution >= 4 is 5.91 Å². The number of nitrogens with one attached hydrogen (secondary N) is 1. The smallest absolute Gasteiger partial charge is 0.220 e. The van der Waals surface area contributed by atoms with Crippen LogP contribution in [0, 0.1) is 0 Å². The van der Waals surface area contributed by atoms with Crippen molar-refractivity contribution in [2.45, 2.75) is 122 Å². The van der Waals surface area contributed by atoms with Gasteiger partial charge in [0.05, 0.1) is 18.8 Å². The Bertz CT molecular complexity index is 516. The number of aliphatic hydroxyl groups excluding tert-OH is 3. The van der Waals surface area contributed by atoms with Crippen LogP contribution in [0.15, 0.2) is 36.5 Å². The van der Waals surface area contributed by atoms with E-state index in [9.17, 15) is 20.1 Å². The molecule has 0 aromatic rings. The van der Waals surface area contributed by atoms with Gasteiger partial charge in [0, 0.05) is 6.42 Å². The summed E-state index contributed by atoms with van der Waals surface area (Å²) in [4.78, 5) is 12.1. The monoisotopic (exact) mass is 451 g/mol. The van der Waals surface area contributed by atoms with E-state index in [-0.39, 0.29) is 12.5 Å². The molecule has 186 valence electrons. The molecule has 4 N–H and O–H groups in total. The van der Waals surface area contributed by atoms with Crippen molar-refractivity contribution in [1.82, 2.24) is 5.32 Å². The van der Waals surface area contributed by atoms with Crippen molar-refractivity contribution in [2.75, 3.05) is 6.61 Å². The maximum atomic E-state index is 12.1. The second kappa shape index (κ2) is 22.8. The molecule has 3 atom stereocenters. The minimum absolute atomic E-state index is 0.182. The lowest BCUT2D eigenvalue weighted by Gasteiger charge is -2.26. The van der Waals surface area contributed by atoms with Crippen molar-refractivity contribution in [3.8, 4) is 0 Å². The normalized spacial score (nSPS) is 15.0. The van der Waals surface area contributed by atoms with Gasteiger partial charge in [-0.1, -0.05) is 69.1 Å². The Balaban J connectivity index is 3.94. The SMILES string of the molecule is C/C=C/CC/C=C/CCCC(O)C(O)C(CO)NC(=O)CCCCCC/C=C\CCCC. The van der Waals surface area contributed by atoms with Crippen molar-refractivity contribution < 1.29 is 20.1 Å². The standard InChI is InChI=1S/C27H49NO4/c1-3-5-7-9-11-13-14-16-18-20-22-26(31)28-24(23-29)27(32)25(30)21-19-17-15-12-10-8-6-4-2/h4,6,9,11-12,15,24-25,27,29-30,32H,3,5,7-8,10,13-14,16-23H2,1-2H3,(H,28,31)/b6-4+,11-9-,15-12+. The fourth-order valence-corrected chi connectivity index (χ4v) is 3.46. The first-order valence-corrected chi connectivity index (χ1v) is 12.7. The second-order valence-corrected chi connectivity index (χ2v) is 8.53. The van der Waals surface area contributed by atoms with E-state index in [4.69, 9.17) is 0 Å². The summed E-state index contributed by atoms with van der Waals surface area (Å²) in [7, 11) is 0. The first-order chi connectivity index (χ1) is 15.6. The van der Waals surface area contributed by atoms with Gasteiger partial charge in [0.15, 0.2) is 0 Å². The Morgan fingerprint density at radius 2 is 1.41 bits per heavy atom. The maximum absolute atomic E-state index is 12.1. The van der Waals surface area contributed by atoms with Gasteiger partial charge in [-0.2, -0.15) is 0 Å². The molecular weight excluding hydrogens is 402 g/mol. The van der Waals surface area contributed by atoms with Crippen molar-refractivity contribution in [2.24, 2.45) is 0 Å². The Hall–Kier alpha value is -1.43. The quantitative estimate of drug-likeness (QED) is 0.140. The topological polar surface area (TPSA) is 89.8 Å². The summed E-state index contributed by atoms with van der Waals surface area (Å²) in [5, 5.41) is 32.8. The summed E-state index contributed by atoms with van der Waals surface area (Å²) >= 11 is 0. The molecule has 5 heteroatoms. The summed E-state index contributed by atoms with van der Waals surface area (Å²) in [5.41, 5.74) is 0. The molecule has 3 unspecified atom stereocenters. The average Bonchev–Trinajstić information content (AvgIpc) is 2.79. The van der Waals surface area contributed by atoms with Gasteiger partial charge in [0.25, 0.3) is 0 Å². The van der Waals surface area contributed by atoms with E-state index < -0.39 is 18.2 Å². The molecule has 1 amide bonds. The molecule has 0 aliphatic carbocycles. The molecule has 0 radical (unpaired) electrons. The minimum Gasteiger partial charge on any atom is -0.394 e. The van der Waals surface area contributed by atoms with E-state index in [1.165, 1.54) is 12.8 Å². The number of aliphatic hydroxyl groups is 3. The number of carbonyl (C=O) groups excluding carboxylic acids is 1. The Morgan fingerprint density at radius 1 is 0.812 bits per heavy atom. The van der Waals surface area contributed by atoms with Gasteiger partial charge >= 0.3 is 0 Å². The van der Waals surface area contributed by atoms with Gasteiger partial charge in [0.2, 0.25) is 5.91 Å². The summed E-state index contributed by atoms with van der Waals surface area (Å²) in [5.74, 6) is -0.182. The average molecular weight is 452 g/mol. The number of unbranched alkanes of at least 4 members (excludes halogenated alkanes) is 8. The third kappa shape index (κ3) is 18.2. The van der Waals surface area contributed by atoms with Gasteiger partial charge < -0.3 is 20.6 Å². The molecule has 0 heterocycles. The molecule has 0 fully saturated rings. The van der Waals surface area contributed by atoms with Gasteiger partial charge in [-0.15, -0.1) is 0 Å². The lowest BCUT2D eigenvalue weighted by Crippen LogP contribution is -2.50. The van der Waals surface area contributed by atoms with Crippen LogP contribution in [0.25, 0.3) is 0 Å². The third-order valence-corrected chi connectivity index (χ3v) is 5.54. The van der Waals surface area contributed by atoms with Gasteiger partial charge in [0.1, 0.15) is 6.10 Å². The zero-order chi connectivity index (χ0) is 23.9. The number of amides is 1. The van der Waals surface area contributed by atoms with Gasteiger partial charge in [-0.3, -0.25) is 4.79 Å². The molecule has 0 aliphatic heterocycles. The van der Waals surface area contributed by atoms with E-state index in [1.807, 2.05) is 13.0 Å². The fraction of sp³-hybridized carbons (Fsp3) is 0.741. The predicted molar refractivity (Wildman–Crippen MR) is 134 cm³/mol. The van der Waals surface area contributed by atoms with Crippen molar-refractivity contribution in [1.29, 1.82) is 0 Å². The highest BCUT2D eigenvalue weighted by Crippen LogP contribution is 2.11. The lowest BCUT2D eigenvalue weighted by atomic mass is 10.0. The number of hydrogen-bond acceptors (Lipinski definition) is 4. The highest BCUT2D eigenvalue weighted by molar-refractivity contribution is 5.76. The highest BCUT2D eigenvalue weighted by Gasteiger charge is 2.26. The third-order valence-electron chi connectivity index (χ3n) is 5.54. The summed E-state index contributed by atoms with van der Waals surface area (Å²) in [6.45, 7) is 3.82. The molecule has 0 bridgehead atoms. The number of carbonyl (C=O) groups is 1. The molecule has 5 nitrogen and oxygen atoms in total. The van der Waals surface area contributed by atoms with Crippen LogP contribution in [0.1, 0.15) is 104 Å². The van der Waals surface area contributed by atoms with E-state index in [0.717, 1.165) is 64.2 Å². The molecule has 0 aliphatic rings. The zero-order valence-corrected chi connectivity index (χ0v) is 20.6. The van der Waals surface area contributed by atoms with Gasteiger partial charge in [-0.25, -0.2) is 0 Å². The predicted octanol–water partition coefficient (Wildman–Crippen LogP) is 5.36. The van der Waals surface area contributed by atoms with Crippen LogP contribution < -0.4 is 5.32 Å². The van der Waals surface area contributed by atoms with Crippen LogP contribution in [0.4, 0.5) is 0 Å². The van der Waals surface area contributed by atoms with Crippen LogP contribution in [0.2, 0.25) is 0 Å². The maximum Gasteiger partial charge on any atom is 0.220 e. The van der Waals surface area contributed by atoms with Crippen LogP contribution in [-0.2, 0) is 4.79 Å². The fourth-order valence-electron chi connectivity index (χ4n) is 3.46. The van der Waals surface area contributed by atoms with E-state index >= 15 is 0 Å². The van der Waals surface area contributed by atoms with Crippen molar-refractivity contribution in [3.05, 3.63) is 36.5 Å². The first kappa shape index (κ1) is 30.6. The van der Waals surface area contributed by atoms with Crippen molar-refractivity contribution in [3.63, 3.8) is 0 Å². The zero-order valence-electron chi connectivity index (χ0n) is 20.6. The molecule has 0 spiro atoms. The van der Waals surface area contributed by atoms with Crippen LogP contribution >= 0.6 is 0 Å². The summed E-state index contributed by atoms with van der Waals surface area (Å²) in [6.07, 6.45) is 24.0. The van der Waals surface area contributed by atoms with E-state index in [1.54, 1.807) is 0 Å². The molecule has 0 rings (SSSR count). The highest BCUT2D eigenvalue weighted by atomic mass is 16.3. The second-order valence-electron chi connectivity index (χ2n) is 8.53.